The molecular formula is C21H14F5N3. The van der Waals surface area contributed by atoms with E-state index in [1.54, 1.807) is 16.7 Å². The van der Waals surface area contributed by atoms with Crippen LogP contribution in [0.3, 0.4) is 0 Å². The zero-order chi connectivity index (χ0) is 20.6. The second-order valence-electron chi connectivity index (χ2n) is 6.46. The number of anilines is 2. The topological polar surface area (TPSA) is 29.9 Å². The monoisotopic (exact) mass is 403 g/mol. The lowest BCUT2D eigenvalue weighted by Gasteiger charge is -2.12. The first-order valence-electron chi connectivity index (χ1n) is 8.65. The Balaban J connectivity index is 1.70. The minimum absolute atomic E-state index is 0.195. The van der Waals surface area contributed by atoms with Crippen molar-refractivity contribution in [2.24, 2.45) is 0 Å². The second kappa shape index (κ2) is 7.20. The molecule has 0 saturated carbocycles. The van der Waals surface area contributed by atoms with Crippen LogP contribution in [-0.2, 0) is 12.7 Å². The van der Waals surface area contributed by atoms with Crippen LogP contribution in [0.2, 0.25) is 0 Å². The Hall–Kier alpha value is -3.42. The highest BCUT2D eigenvalue weighted by Gasteiger charge is 2.30. The maximum Gasteiger partial charge on any atom is 0.416 e. The molecular weight excluding hydrogens is 389 g/mol. The number of nitrogens with zero attached hydrogens (tertiary/aromatic N) is 2. The minimum atomic E-state index is -4.42. The maximum absolute atomic E-state index is 13.6. The van der Waals surface area contributed by atoms with Gasteiger partial charge in [0.15, 0.2) is 11.6 Å². The summed E-state index contributed by atoms with van der Waals surface area (Å²) in [6.45, 7) is 0.195. The Morgan fingerprint density at radius 1 is 0.862 bits per heavy atom. The van der Waals surface area contributed by atoms with E-state index in [4.69, 9.17) is 0 Å². The lowest BCUT2D eigenvalue weighted by Crippen LogP contribution is -2.07. The summed E-state index contributed by atoms with van der Waals surface area (Å²) in [5, 5.41) is 3.00. The number of alkyl halides is 3. The van der Waals surface area contributed by atoms with Crippen LogP contribution in [0.4, 0.5) is 33.6 Å². The number of para-hydroxylation sites is 2. The summed E-state index contributed by atoms with van der Waals surface area (Å²) in [7, 11) is 0. The number of halogens is 5. The van der Waals surface area contributed by atoms with Gasteiger partial charge in [-0.3, -0.25) is 0 Å². The highest BCUT2D eigenvalue weighted by molar-refractivity contribution is 5.79. The number of hydrogen-bond donors (Lipinski definition) is 1. The molecule has 148 valence electrons. The third-order valence-corrected chi connectivity index (χ3v) is 4.45. The van der Waals surface area contributed by atoms with E-state index in [-0.39, 0.29) is 6.54 Å². The summed E-state index contributed by atoms with van der Waals surface area (Å²) in [6.07, 6.45) is -4.42. The van der Waals surface area contributed by atoms with Crippen molar-refractivity contribution in [2.75, 3.05) is 5.32 Å². The second-order valence-corrected chi connectivity index (χ2v) is 6.46. The Bertz CT molecular complexity index is 1160. The third kappa shape index (κ3) is 3.91. The van der Waals surface area contributed by atoms with Crippen LogP contribution < -0.4 is 5.32 Å². The standard InChI is InChI=1S/C21H14F5N3/c22-16-10-5-13(11-17(16)23)12-29-19-4-2-1-3-18(19)28-20(29)27-15-8-6-14(7-9-15)21(24,25)26/h1-11H,12H2,(H,27,28). The van der Waals surface area contributed by atoms with Crippen LogP contribution in [0.1, 0.15) is 11.1 Å². The molecule has 0 fully saturated rings. The van der Waals surface area contributed by atoms with Gasteiger partial charge in [0.25, 0.3) is 0 Å². The predicted molar refractivity (Wildman–Crippen MR) is 99.9 cm³/mol. The average Bonchev–Trinajstić information content (AvgIpc) is 3.02. The molecule has 1 heterocycles. The van der Waals surface area contributed by atoms with Gasteiger partial charge in [-0.05, 0) is 54.1 Å². The summed E-state index contributed by atoms with van der Waals surface area (Å²) in [5.41, 5.74) is 1.58. The van der Waals surface area contributed by atoms with E-state index in [9.17, 15) is 22.0 Å². The van der Waals surface area contributed by atoms with Gasteiger partial charge in [0.05, 0.1) is 23.1 Å². The molecule has 0 radical (unpaired) electrons. The van der Waals surface area contributed by atoms with Gasteiger partial charge in [0.2, 0.25) is 5.95 Å². The summed E-state index contributed by atoms with van der Waals surface area (Å²) >= 11 is 0. The number of hydrogen-bond acceptors (Lipinski definition) is 2. The molecule has 3 aromatic carbocycles. The highest BCUT2D eigenvalue weighted by atomic mass is 19.4. The highest BCUT2D eigenvalue weighted by Crippen LogP contribution is 2.31. The zero-order valence-electron chi connectivity index (χ0n) is 14.8. The van der Waals surface area contributed by atoms with Crippen molar-refractivity contribution in [3.05, 3.63) is 89.5 Å². The van der Waals surface area contributed by atoms with E-state index in [0.717, 1.165) is 29.8 Å². The predicted octanol–water partition coefficient (Wildman–Crippen LogP) is 6.13. The van der Waals surface area contributed by atoms with Gasteiger partial charge in [0, 0.05) is 5.69 Å². The van der Waals surface area contributed by atoms with E-state index >= 15 is 0 Å². The fourth-order valence-corrected chi connectivity index (χ4v) is 3.02. The summed E-state index contributed by atoms with van der Waals surface area (Å²) in [5.74, 6) is -1.52. The molecule has 0 unspecified atom stereocenters. The van der Waals surface area contributed by atoms with E-state index in [1.165, 1.54) is 18.2 Å². The SMILES string of the molecule is Fc1ccc(Cn2c(Nc3ccc(C(F)(F)F)cc3)nc3ccccc32)cc1F. The molecule has 0 aliphatic carbocycles. The normalized spacial score (nSPS) is 11.8. The van der Waals surface area contributed by atoms with Crippen molar-refractivity contribution in [3.8, 4) is 0 Å². The van der Waals surface area contributed by atoms with Crippen molar-refractivity contribution in [1.82, 2.24) is 9.55 Å². The molecule has 0 aliphatic rings. The van der Waals surface area contributed by atoms with Crippen LogP contribution in [-0.4, -0.2) is 9.55 Å². The molecule has 0 aliphatic heterocycles. The van der Waals surface area contributed by atoms with Gasteiger partial charge < -0.3 is 9.88 Å². The lowest BCUT2D eigenvalue weighted by atomic mass is 10.2. The van der Waals surface area contributed by atoms with E-state index in [1.807, 2.05) is 12.1 Å². The molecule has 0 saturated heterocycles. The number of aromatic nitrogens is 2. The van der Waals surface area contributed by atoms with Crippen molar-refractivity contribution in [3.63, 3.8) is 0 Å². The number of rotatable bonds is 4. The summed E-state index contributed by atoms with van der Waals surface area (Å²) < 4.78 is 66.9. The Kier molecular flexibility index (Phi) is 4.70. The van der Waals surface area contributed by atoms with Crippen molar-refractivity contribution < 1.29 is 22.0 Å². The van der Waals surface area contributed by atoms with E-state index in [0.29, 0.717) is 22.7 Å². The Labute approximate surface area is 162 Å². The van der Waals surface area contributed by atoms with Crippen molar-refractivity contribution >= 4 is 22.7 Å². The molecule has 0 amide bonds. The van der Waals surface area contributed by atoms with Crippen LogP contribution in [0, 0.1) is 11.6 Å². The first kappa shape index (κ1) is 18.9. The quantitative estimate of drug-likeness (QED) is 0.416. The number of fused-ring (bicyclic) bond motifs is 1. The molecule has 0 spiro atoms. The lowest BCUT2D eigenvalue weighted by molar-refractivity contribution is -0.137. The third-order valence-electron chi connectivity index (χ3n) is 4.45. The molecule has 0 atom stereocenters. The first-order valence-corrected chi connectivity index (χ1v) is 8.65. The van der Waals surface area contributed by atoms with E-state index < -0.39 is 23.4 Å². The van der Waals surface area contributed by atoms with Gasteiger partial charge in [-0.15, -0.1) is 0 Å². The van der Waals surface area contributed by atoms with Gasteiger partial charge in [-0.1, -0.05) is 18.2 Å². The fraction of sp³-hybridized carbons (Fsp3) is 0.0952. The van der Waals surface area contributed by atoms with Crippen LogP contribution in [0.15, 0.2) is 66.7 Å². The largest absolute Gasteiger partial charge is 0.416 e. The van der Waals surface area contributed by atoms with Crippen LogP contribution in [0.25, 0.3) is 11.0 Å². The van der Waals surface area contributed by atoms with Gasteiger partial charge in [-0.25, -0.2) is 13.8 Å². The summed E-state index contributed by atoms with van der Waals surface area (Å²) in [4.78, 5) is 4.48. The van der Waals surface area contributed by atoms with Crippen LogP contribution >= 0.6 is 0 Å². The molecule has 0 bridgehead atoms. The average molecular weight is 403 g/mol. The minimum Gasteiger partial charge on any atom is -0.326 e. The molecule has 4 rings (SSSR count). The first-order chi connectivity index (χ1) is 13.8. The molecule has 4 aromatic rings. The molecule has 29 heavy (non-hydrogen) atoms. The number of benzene rings is 3. The van der Waals surface area contributed by atoms with Gasteiger partial charge in [0.1, 0.15) is 0 Å². The van der Waals surface area contributed by atoms with Crippen molar-refractivity contribution in [2.45, 2.75) is 12.7 Å². The summed E-state index contributed by atoms with van der Waals surface area (Å²) in [6, 6.07) is 15.4. The smallest absolute Gasteiger partial charge is 0.326 e. The molecule has 1 N–H and O–H groups in total. The Morgan fingerprint density at radius 3 is 2.28 bits per heavy atom. The van der Waals surface area contributed by atoms with Crippen LogP contribution in [0.5, 0.6) is 0 Å². The van der Waals surface area contributed by atoms with Gasteiger partial charge >= 0.3 is 6.18 Å². The number of imidazole rings is 1. The molecule has 1 aromatic heterocycles. The fourth-order valence-electron chi connectivity index (χ4n) is 3.02. The molecule has 8 heteroatoms. The van der Waals surface area contributed by atoms with Crippen molar-refractivity contribution in [1.29, 1.82) is 0 Å². The molecule has 3 nitrogen and oxygen atoms in total. The van der Waals surface area contributed by atoms with E-state index in [2.05, 4.69) is 10.3 Å². The van der Waals surface area contributed by atoms with Gasteiger partial charge in [-0.2, -0.15) is 13.2 Å². The number of nitrogens with one attached hydrogen (secondary N) is 1. The maximum atomic E-state index is 13.6. The zero-order valence-corrected chi connectivity index (χ0v) is 14.8. The Morgan fingerprint density at radius 2 is 1.59 bits per heavy atom.